The van der Waals surface area contributed by atoms with Crippen molar-refractivity contribution in [1.82, 2.24) is 4.90 Å². The number of anilines is 1. The fourth-order valence-corrected chi connectivity index (χ4v) is 2.48. The lowest BCUT2D eigenvalue weighted by atomic mass is 10.0. The van der Waals surface area contributed by atoms with Gasteiger partial charge in [-0.15, -0.1) is 0 Å². The van der Waals surface area contributed by atoms with E-state index in [4.69, 9.17) is 5.73 Å². The lowest BCUT2D eigenvalue weighted by Crippen LogP contribution is -2.42. The van der Waals surface area contributed by atoms with Gasteiger partial charge in [-0.2, -0.15) is 0 Å². The molecule has 19 heavy (non-hydrogen) atoms. The number of fused-ring (bicyclic) bond motifs is 1. The van der Waals surface area contributed by atoms with Crippen LogP contribution in [0.1, 0.15) is 25.3 Å². The van der Waals surface area contributed by atoms with Crippen molar-refractivity contribution < 1.29 is 4.79 Å². The Morgan fingerprint density at radius 1 is 1.47 bits per heavy atom. The van der Waals surface area contributed by atoms with E-state index in [2.05, 4.69) is 16.3 Å². The Hall–Kier alpha value is -1.39. The molecule has 4 heteroatoms. The third-order valence-corrected chi connectivity index (χ3v) is 3.73. The second kappa shape index (κ2) is 6.17. The van der Waals surface area contributed by atoms with Crippen LogP contribution in [-0.2, 0) is 11.2 Å². The molecule has 0 saturated carbocycles. The first kappa shape index (κ1) is 14.0. The zero-order valence-corrected chi connectivity index (χ0v) is 11.7. The van der Waals surface area contributed by atoms with Gasteiger partial charge in [0.15, 0.2) is 0 Å². The molecule has 0 saturated heterocycles. The Bertz CT molecular complexity index is 445. The Labute approximate surface area is 115 Å². The summed E-state index contributed by atoms with van der Waals surface area (Å²) in [5, 5.41) is 3.03. The van der Waals surface area contributed by atoms with E-state index in [0.29, 0.717) is 0 Å². The van der Waals surface area contributed by atoms with Gasteiger partial charge < -0.3 is 11.1 Å². The number of aryl methyl sites for hydroxylation is 1. The Morgan fingerprint density at radius 3 is 2.95 bits per heavy atom. The summed E-state index contributed by atoms with van der Waals surface area (Å²) in [5.74, 6) is 0.0946. The van der Waals surface area contributed by atoms with Gasteiger partial charge in [-0.3, -0.25) is 9.69 Å². The summed E-state index contributed by atoms with van der Waals surface area (Å²) in [5.41, 5.74) is 7.95. The molecular formula is C15H23N3O. The molecule has 3 N–H and O–H groups in total. The fourth-order valence-electron chi connectivity index (χ4n) is 2.48. The van der Waals surface area contributed by atoms with Crippen LogP contribution in [0, 0.1) is 0 Å². The molecule has 1 amide bonds. The molecule has 0 radical (unpaired) electrons. The SMILES string of the molecule is CC(N)CCN(C)C1CCc2ccccc2NC1=O. The van der Waals surface area contributed by atoms with Crippen molar-refractivity contribution in [3.05, 3.63) is 29.8 Å². The third kappa shape index (κ3) is 3.55. The summed E-state index contributed by atoms with van der Waals surface area (Å²) in [6, 6.07) is 8.14. The van der Waals surface area contributed by atoms with Crippen molar-refractivity contribution in [2.75, 3.05) is 18.9 Å². The summed E-state index contributed by atoms with van der Waals surface area (Å²) in [6.45, 7) is 2.85. The molecule has 104 valence electrons. The predicted molar refractivity (Wildman–Crippen MR) is 78.1 cm³/mol. The smallest absolute Gasteiger partial charge is 0.241 e. The number of likely N-dealkylation sites (N-methyl/N-ethyl adjacent to an activating group) is 1. The number of carbonyl (C=O) groups excluding carboxylic acids is 1. The van der Waals surface area contributed by atoms with Crippen LogP contribution in [0.3, 0.4) is 0 Å². The lowest BCUT2D eigenvalue weighted by molar-refractivity contribution is -0.121. The monoisotopic (exact) mass is 261 g/mol. The molecule has 0 spiro atoms. The predicted octanol–water partition coefficient (Wildman–Crippen LogP) is 1.61. The van der Waals surface area contributed by atoms with Crippen LogP contribution >= 0.6 is 0 Å². The standard InChI is InChI=1S/C15H23N3O/c1-11(16)9-10-18(2)14-8-7-12-5-3-4-6-13(12)17-15(14)19/h3-6,11,14H,7-10,16H2,1-2H3,(H,17,19). The minimum absolute atomic E-state index is 0.0638. The maximum atomic E-state index is 12.3. The van der Waals surface area contributed by atoms with E-state index in [1.807, 2.05) is 32.2 Å². The molecule has 1 aromatic rings. The van der Waals surface area contributed by atoms with Gasteiger partial charge >= 0.3 is 0 Å². The summed E-state index contributed by atoms with van der Waals surface area (Å²) in [4.78, 5) is 14.4. The van der Waals surface area contributed by atoms with E-state index < -0.39 is 0 Å². The molecule has 1 heterocycles. The van der Waals surface area contributed by atoms with Gasteiger partial charge in [-0.25, -0.2) is 0 Å². The maximum Gasteiger partial charge on any atom is 0.241 e. The molecule has 0 bridgehead atoms. The second-order valence-corrected chi connectivity index (χ2v) is 5.45. The van der Waals surface area contributed by atoms with E-state index in [9.17, 15) is 4.79 Å². The number of benzene rings is 1. The molecule has 4 nitrogen and oxygen atoms in total. The van der Waals surface area contributed by atoms with Gasteiger partial charge in [-0.05, 0) is 44.9 Å². The first-order chi connectivity index (χ1) is 9.08. The average Bonchev–Trinajstić information content (AvgIpc) is 2.54. The van der Waals surface area contributed by atoms with Crippen LogP contribution in [0.2, 0.25) is 0 Å². The normalized spacial score (nSPS) is 20.6. The first-order valence-corrected chi connectivity index (χ1v) is 6.92. The number of hydrogen-bond donors (Lipinski definition) is 2. The number of amides is 1. The molecular weight excluding hydrogens is 238 g/mol. The minimum Gasteiger partial charge on any atom is -0.328 e. The number of nitrogens with one attached hydrogen (secondary N) is 1. The van der Waals surface area contributed by atoms with Gasteiger partial charge in [0.05, 0.1) is 6.04 Å². The van der Waals surface area contributed by atoms with Crippen molar-refractivity contribution in [3.63, 3.8) is 0 Å². The highest BCUT2D eigenvalue weighted by Crippen LogP contribution is 2.23. The zero-order valence-electron chi connectivity index (χ0n) is 11.7. The van der Waals surface area contributed by atoms with E-state index in [1.165, 1.54) is 5.56 Å². The fraction of sp³-hybridized carbons (Fsp3) is 0.533. The molecule has 1 aliphatic rings. The second-order valence-electron chi connectivity index (χ2n) is 5.45. The van der Waals surface area contributed by atoms with Crippen molar-refractivity contribution in [2.45, 2.75) is 38.3 Å². The zero-order chi connectivity index (χ0) is 13.8. The summed E-state index contributed by atoms with van der Waals surface area (Å²) < 4.78 is 0. The van der Waals surface area contributed by atoms with E-state index in [0.717, 1.165) is 31.5 Å². The van der Waals surface area contributed by atoms with Crippen molar-refractivity contribution >= 4 is 11.6 Å². The number of rotatable bonds is 4. The molecule has 2 atom stereocenters. The van der Waals surface area contributed by atoms with Crippen LogP contribution in [-0.4, -0.2) is 36.5 Å². The number of nitrogens with two attached hydrogens (primary N) is 1. The summed E-state index contributed by atoms with van der Waals surface area (Å²) in [6.07, 6.45) is 2.70. The summed E-state index contributed by atoms with van der Waals surface area (Å²) in [7, 11) is 2.00. The van der Waals surface area contributed by atoms with Crippen molar-refractivity contribution in [1.29, 1.82) is 0 Å². The van der Waals surface area contributed by atoms with E-state index in [-0.39, 0.29) is 18.0 Å². The van der Waals surface area contributed by atoms with Crippen LogP contribution in [0.5, 0.6) is 0 Å². The Balaban J connectivity index is 2.03. The third-order valence-electron chi connectivity index (χ3n) is 3.73. The molecule has 1 aromatic carbocycles. The van der Waals surface area contributed by atoms with Crippen LogP contribution in [0.4, 0.5) is 5.69 Å². The number of nitrogens with zero attached hydrogens (tertiary/aromatic N) is 1. The highest BCUT2D eigenvalue weighted by Gasteiger charge is 2.26. The summed E-state index contributed by atoms with van der Waals surface area (Å²) >= 11 is 0. The van der Waals surface area contributed by atoms with Gasteiger partial charge in [0.25, 0.3) is 0 Å². The van der Waals surface area contributed by atoms with Crippen LogP contribution < -0.4 is 11.1 Å². The first-order valence-electron chi connectivity index (χ1n) is 6.92. The molecule has 0 aliphatic carbocycles. The molecule has 2 unspecified atom stereocenters. The molecule has 1 aliphatic heterocycles. The molecule has 0 fully saturated rings. The minimum atomic E-state index is -0.0638. The van der Waals surface area contributed by atoms with Crippen molar-refractivity contribution in [2.24, 2.45) is 5.73 Å². The largest absolute Gasteiger partial charge is 0.328 e. The number of carbonyl (C=O) groups is 1. The van der Waals surface area contributed by atoms with Crippen molar-refractivity contribution in [3.8, 4) is 0 Å². The number of para-hydroxylation sites is 1. The number of hydrogen-bond acceptors (Lipinski definition) is 3. The quantitative estimate of drug-likeness (QED) is 0.865. The Morgan fingerprint density at radius 2 is 2.21 bits per heavy atom. The van der Waals surface area contributed by atoms with Gasteiger partial charge in [-0.1, -0.05) is 18.2 Å². The highest BCUT2D eigenvalue weighted by molar-refractivity contribution is 5.96. The molecule has 0 aromatic heterocycles. The van der Waals surface area contributed by atoms with Gasteiger partial charge in [0.2, 0.25) is 5.91 Å². The van der Waals surface area contributed by atoms with Crippen LogP contribution in [0.15, 0.2) is 24.3 Å². The highest BCUT2D eigenvalue weighted by atomic mass is 16.2. The topological polar surface area (TPSA) is 58.4 Å². The maximum absolute atomic E-state index is 12.3. The van der Waals surface area contributed by atoms with E-state index in [1.54, 1.807) is 0 Å². The Kier molecular flexibility index (Phi) is 4.56. The van der Waals surface area contributed by atoms with Gasteiger partial charge in [0.1, 0.15) is 0 Å². The average molecular weight is 261 g/mol. The lowest BCUT2D eigenvalue weighted by Gasteiger charge is -2.26. The van der Waals surface area contributed by atoms with Crippen LogP contribution in [0.25, 0.3) is 0 Å². The van der Waals surface area contributed by atoms with Gasteiger partial charge in [0, 0.05) is 18.3 Å². The molecule has 2 rings (SSSR count). The van der Waals surface area contributed by atoms with E-state index >= 15 is 0 Å².